The van der Waals surface area contributed by atoms with Crippen molar-refractivity contribution >= 4 is 5.78 Å². The molecule has 2 N–H and O–H groups in total. The first-order chi connectivity index (χ1) is 7.96. The molecule has 90 valence electrons. The molecule has 0 radical (unpaired) electrons. The second-order valence-corrected chi connectivity index (χ2v) is 4.20. The van der Waals surface area contributed by atoms with Crippen LogP contribution in [0.5, 0.6) is 0 Å². The van der Waals surface area contributed by atoms with Gasteiger partial charge in [-0.15, -0.1) is 0 Å². The molecule has 1 heterocycles. The highest BCUT2D eigenvalue weighted by molar-refractivity contribution is 6.02. The topological polar surface area (TPSA) is 66.8 Å². The van der Waals surface area contributed by atoms with Crippen LogP contribution < -0.4 is 0 Å². The number of rotatable bonds is 1. The largest absolute Gasteiger partial charge is 0.508 e. The third-order valence-corrected chi connectivity index (χ3v) is 2.87. The summed E-state index contributed by atoms with van der Waals surface area (Å²) in [6, 6.07) is 0. The van der Waals surface area contributed by atoms with Crippen LogP contribution in [-0.4, -0.2) is 28.2 Å². The fourth-order valence-electron chi connectivity index (χ4n) is 1.81. The number of carbonyl (C=O) groups is 1. The maximum absolute atomic E-state index is 11.6. The molecule has 0 aromatic rings. The number of hydrogen-bond acceptors (Lipinski definition) is 4. The van der Waals surface area contributed by atoms with Gasteiger partial charge in [-0.25, -0.2) is 0 Å². The Hall–Kier alpha value is -1.81. The summed E-state index contributed by atoms with van der Waals surface area (Å²) in [6.07, 6.45) is 6.59. The van der Waals surface area contributed by atoms with Gasteiger partial charge in [-0.1, -0.05) is 6.08 Å². The Morgan fingerprint density at radius 3 is 2.82 bits per heavy atom. The van der Waals surface area contributed by atoms with E-state index in [-0.39, 0.29) is 12.4 Å². The number of hydrogen-bond donors (Lipinski definition) is 2. The van der Waals surface area contributed by atoms with Crippen molar-refractivity contribution in [3.8, 4) is 0 Å². The number of fused-ring (bicyclic) bond motifs is 1. The van der Waals surface area contributed by atoms with Gasteiger partial charge >= 0.3 is 0 Å². The van der Waals surface area contributed by atoms with E-state index >= 15 is 0 Å². The van der Waals surface area contributed by atoms with Crippen molar-refractivity contribution in [3.05, 3.63) is 47.0 Å². The van der Waals surface area contributed by atoms with Crippen molar-refractivity contribution in [2.24, 2.45) is 0 Å². The van der Waals surface area contributed by atoms with Gasteiger partial charge in [0.1, 0.15) is 18.1 Å². The van der Waals surface area contributed by atoms with E-state index in [1.807, 2.05) is 13.0 Å². The van der Waals surface area contributed by atoms with Crippen LogP contribution in [0.25, 0.3) is 0 Å². The summed E-state index contributed by atoms with van der Waals surface area (Å²) in [7, 11) is 0. The molecule has 4 nitrogen and oxygen atoms in total. The predicted octanol–water partition coefficient (Wildman–Crippen LogP) is 1.55. The minimum atomic E-state index is -1.84. The summed E-state index contributed by atoms with van der Waals surface area (Å²) in [5, 5.41) is 19.7. The van der Waals surface area contributed by atoms with Gasteiger partial charge in [0, 0.05) is 5.57 Å². The lowest BCUT2D eigenvalue weighted by molar-refractivity contribution is -0.130. The molecule has 0 spiro atoms. The molecule has 1 aliphatic heterocycles. The zero-order valence-corrected chi connectivity index (χ0v) is 9.73. The van der Waals surface area contributed by atoms with Crippen LogP contribution in [0.3, 0.4) is 0 Å². The number of ketones is 1. The van der Waals surface area contributed by atoms with Crippen molar-refractivity contribution < 1.29 is 19.7 Å². The smallest absolute Gasteiger partial charge is 0.195 e. The predicted molar refractivity (Wildman–Crippen MR) is 62.2 cm³/mol. The minimum absolute atomic E-state index is 0.150. The van der Waals surface area contributed by atoms with Gasteiger partial charge in [-0.05, 0) is 37.6 Å². The highest BCUT2D eigenvalue weighted by Gasteiger charge is 2.40. The van der Waals surface area contributed by atoms with Crippen molar-refractivity contribution in [3.63, 3.8) is 0 Å². The molecule has 0 bridgehead atoms. The molecule has 0 saturated carbocycles. The van der Waals surface area contributed by atoms with Crippen LogP contribution >= 0.6 is 0 Å². The molecule has 0 aromatic carbocycles. The first-order valence-electron chi connectivity index (χ1n) is 5.35. The second-order valence-electron chi connectivity index (χ2n) is 4.20. The first-order valence-corrected chi connectivity index (χ1v) is 5.35. The van der Waals surface area contributed by atoms with E-state index in [4.69, 9.17) is 4.74 Å². The van der Waals surface area contributed by atoms with E-state index in [0.29, 0.717) is 16.9 Å². The lowest BCUT2D eigenvalue weighted by Gasteiger charge is -2.29. The van der Waals surface area contributed by atoms with Gasteiger partial charge in [0.2, 0.25) is 0 Å². The molecule has 0 aromatic heterocycles. The standard InChI is InChI=1S/C13H14O4/c1-3-4-9-5-8-6-11(14)13(2,16)12(15)10(8)7-17-9/h3-6,15-16H,7H2,1-2H3/b4-3+/t13-/m1/s1. The second kappa shape index (κ2) is 3.89. The van der Waals surface area contributed by atoms with E-state index in [0.717, 1.165) is 0 Å². The zero-order valence-electron chi connectivity index (χ0n) is 9.73. The molecule has 1 aliphatic carbocycles. The highest BCUT2D eigenvalue weighted by Crippen LogP contribution is 2.33. The molecule has 0 fully saturated rings. The van der Waals surface area contributed by atoms with Gasteiger partial charge < -0.3 is 14.9 Å². The fourth-order valence-corrected chi connectivity index (χ4v) is 1.81. The quantitative estimate of drug-likeness (QED) is 0.722. The van der Waals surface area contributed by atoms with Crippen LogP contribution in [0.2, 0.25) is 0 Å². The van der Waals surface area contributed by atoms with E-state index in [1.54, 1.807) is 12.2 Å². The van der Waals surface area contributed by atoms with E-state index in [1.165, 1.54) is 13.0 Å². The van der Waals surface area contributed by atoms with Crippen molar-refractivity contribution in [1.82, 2.24) is 0 Å². The Morgan fingerprint density at radius 1 is 1.47 bits per heavy atom. The molecule has 17 heavy (non-hydrogen) atoms. The average Bonchev–Trinajstić information content (AvgIpc) is 2.27. The number of aliphatic hydroxyl groups excluding tert-OH is 1. The Bertz CT molecular complexity index is 490. The Labute approximate surface area is 99.2 Å². The van der Waals surface area contributed by atoms with Gasteiger partial charge in [0.15, 0.2) is 11.4 Å². The Morgan fingerprint density at radius 2 is 2.18 bits per heavy atom. The summed E-state index contributed by atoms with van der Waals surface area (Å²) in [5.74, 6) is -0.216. The number of ether oxygens (including phenoxy) is 1. The third kappa shape index (κ3) is 1.80. The monoisotopic (exact) mass is 234 g/mol. The van der Waals surface area contributed by atoms with Crippen molar-refractivity contribution in [1.29, 1.82) is 0 Å². The lowest BCUT2D eigenvalue weighted by atomic mass is 9.84. The summed E-state index contributed by atoms with van der Waals surface area (Å²) >= 11 is 0. The number of allylic oxidation sites excluding steroid dienone is 3. The molecule has 0 saturated heterocycles. The third-order valence-electron chi connectivity index (χ3n) is 2.87. The van der Waals surface area contributed by atoms with Crippen LogP contribution in [0.4, 0.5) is 0 Å². The maximum Gasteiger partial charge on any atom is 0.195 e. The molecule has 4 heteroatoms. The molecular weight excluding hydrogens is 220 g/mol. The molecule has 2 aliphatic rings. The Balaban J connectivity index is 2.49. The lowest BCUT2D eigenvalue weighted by Crippen LogP contribution is -2.40. The van der Waals surface area contributed by atoms with E-state index < -0.39 is 11.4 Å². The molecule has 0 amide bonds. The van der Waals surface area contributed by atoms with E-state index in [2.05, 4.69) is 0 Å². The zero-order chi connectivity index (χ0) is 12.6. The molecule has 1 atom stereocenters. The number of aliphatic hydroxyl groups is 2. The molecular formula is C13H14O4. The molecule has 2 rings (SSSR count). The summed E-state index contributed by atoms with van der Waals surface area (Å²) < 4.78 is 5.38. The SMILES string of the molecule is C/C=C/C1=CC2=CC(=O)[C@@](C)(O)C(O)=C2CO1. The Kier molecular flexibility index (Phi) is 2.67. The van der Waals surface area contributed by atoms with Crippen LogP contribution in [0.15, 0.2) is 47.0 Å². The fraction of sp³-hybridized carbons (Fsp3) is 0.308. The van der Waals surface area contributed by atoms with Crippen LogP contribution in [-0.2, 0) is 9.53 Å². The van der Waals surface area contributed by atoms with Crippen LogP contribution in [0, 0.1) is 0 Å². The van der Waals surface area contributed by atoms with Crippen LogP contribution in [0.1, 0.15) is 13.8 Å². The minimum Gasteiger partial charge on any atom is -0.508 e. The first kappa shape index (κ1) is 11.7. The maximum atomic E-state index is 11.6. The normalized spacial score (nSPS) is 28.8. The van der Waals surface area contributed by atoms with Crippen molar-refractivity contribution in [2.75, 3.05) is 6.61 Å². The molecule has 0 unspecified atom stereocenters. The highest BCUT2D eigenvalue weighted by atomic mass is 16.5. The van der Waals surface area contributed by atoms with Gasteiger partial charge in [-0.3, -0.25) is 4.79 Å². The number of carbonyl (C=O) groups excluding carboxylic acids is 1. The van der Waals surface area contributed by atoms with Crippen molar-refractivity contribution in [2.45, 2.75) is 19.4 Å². The van der Waals surface area contributed by atoms with Gasteiger partial charge in [0.25, 0.3) is 0 Å². The average molecular weight is 234 g/mol. The van der Waals surface area contributed by atoms with E-state index in [9.17, 15) is 15.0 Å². The van der Waals surface area contributed by atoms with Gasteiger partial charge in [-0.2, -0.15) is 0 Å². The summed E-state index contributed by atoms with van der Waals surface area (Å²) in [4.78, 5) is 11.6. The summed E-state index contributed by atoms with van der Waals surface area (Å²) in [6.45, 7) is 3.28. The van der Waals surface area contributed by atoms with Gasteiger partial charge in [0.05, 0.1) is 0 Å². The summed E-state index contributed by atoms with van der Waals surface area (Å²) in [5.41, 5.74) is -0.782.